The van der Waals surface area contributed by atoms with Gasteiger partial charge < -0.3 is 5.32 Å². The fraction of sp³-hybridized carbons (Fsp3) is 0.562. The van der Waals surface area contributed by atoms with Gasteiger partial charge in [-0.1, -0.05) is 12.8 Å². The van der Waals surface area contributed by atoms with Crippen LogP contribution in [0, 0.1) is 11.3 Å². The van der Waals surface area contributed by atoms with Crippen molar-refractivity contribution in [3.63, 3.8) is 0 Å². The monoisotopic (exact) mass is 345 g/mol. The smallest absolute Gasteiger partial charge is 0.331 e. The van der Waals surface area contributed by atoms with Crippen LogP contribution in [0.4, 0.5) is 4.79 Å². The van der Waals surface area contributed by atoms with E-state index in [1.807, 2.05) is 6.07 Å². The van der Waals surface area contributed by atoms with Crippen molar-refractivity contribution in [1.82, 2.24) is 19.8 Å². The molecular weight excluding hydrogens is 326 g/mol. The lowest BCUT2D eigenvalue weighted by molar-refractivity contribution is -0.120. The van der Waals surface area contributed by atoms with Gasteiger partial charge in [-0.15, -0.1) is 0 Å². The standard InChI is InChI=1S/C16H19N5O4/c17-8-11-12-6-3-7-20(12)16(25)21(14(11)23)9-13(22)19-15(24)18-10-4-1-2-5-10/h10H,1-7,9H2,(H2,18,19,22,24). The summed E-state index contributed by atoms with van der Waals surface area (Å²) in [5, 5.41) is 14.0. The fourth-order valence-corrected chi connectivity index (χ4v) is 3.49. The predicted octanol–water partition coefficient (Wildman–Crippen LogP) is -0.404. The van der Waals surface area contributed by atoms with Gasteiger partial charge in [-0.2, -0.15) is 5.26 Å². The molecule has 1 aliphatic carbocycles. The van der Waals surface area contributed by atoms with Gasteiger partial charge in [0.15, 0.2) is 0 Å². The number of hydrogen-bond donors (Lipinski definition) is 2. The van der Waals surface area contributed by atoms with Crippen molar-refractivity contribution in [1.29, 1.82) is 5.26 Å². The number of imide groups is 1. The third kappa shape index (κ3) is 3.33. The number of carbonyl (C=O) groups excluding carboxylic acids is 2. The number of aromatic nitrogens is 2. The van der Waals surface area contributed by atoms with Crippen LogP contribution in [0.1, 0.15) is 43.4 Å². The largest absolute Gasteiger partial charge is 0.335 e. The van der Waals surface area contributed by atoms with Crippen molar-refractivity contribution in [3.05, 3.63) is 32.1 Å². The van der Waals surface area contributed by atoms with Crippen LogP contribution in [0.3, 0.4) is 0 Å². The summed E-state index contributed by atoms with van der Waals surface area (Å²) < 4.78 is 2.07. The molecule has 3 rings (SSSR count). The van der Waals surface area contributed by atoms with E-state index in [9.17, 15) is 24.4 Å². The molecule has 25 heavy (non-hydrogen) atoms. The number of hydrogen-bond acceptors (Lipinski definition) is 5. The minimum Gasteiger partial charge on any atom is -0.335 e. The first kappa shape index (κ1) is 17.0. The minimum absolute atomic E-state index is 0.0475. The Morgan fingerprint density at radius 1 is 1.20 bits per heavy atom. The topological polar surface area (TPSA) is 126 Å². The van der Waals surface area contributed by atoms with Crippen molar-refractivity contribution in [2.45, 2.75) is 57.7 Å². The van der Waals surface area contributed by atoms with Crippen LogP contribution in [0.5, 0.6) is 0 Å². The molecule has 1 aliphatic heterocycles. The lowest BCUT2D eigenvalue weighted by Gasteiger charge is -2.13. The summed E-state index contributed by atoms with van der Waals surface area (Å²) in [6.07, 6.45) is 4.99. The Morgan fingerprint density at radius 2 is 1.92 bits per heavy atom. The zero-order valence-corrected chi connectivity index (χ0v) is 13.7. The molecule has 1 aromatic rings. The molecule has 0 bridgehead atoms. The summed E-state index contributed by atoms with van der Waals surface area (Å²) >= 11 is 0. The Balaban J connectivity index is 1.75. The van der Waals surface area contributed by atoms with Crippen LogP contribution in [0.15, 0.2) is 9.59 Å². The predicted molar refractivity (Wildman–Crippen MR) is 86.9 cm³/mol. The number of fused-ring (bicyclic) bond motifs is 1. The Hall–Kier alpha value is -2.89. The average molecular weight is 345 g/mol. The number of carbonyl (C=O) groups is 2. The maximum absolute atomic E-state index is 12.4. The van der Waals surface area contributed by atoms with Crippen molar-refractivity contribution in [2.24, 2.45) is 0 Å². The Kier molecular flexibility index (Phi) is 4.70. The Morgan fingerprint density at radius 3 is 2.60 bits per heavy atom. The number of nitrogens with zero attached hydrogens (tertiary/aromatic N) is 3. The van der Waals surface area contributed by atoms with E-state index in [4.69, 9.17) is 0 Å². The molecule has 1 aromatic heterocycles. The molecule has 0 atom stereocenters. The summed E-state index contributed by atoms with van der Waals surface area (Å²) in [6.45, 7) is -0.183. The van der Waals surface area contributed by atoms with E-state index in [1.54, 1.807) is 0 Å². The van der Waals surface area contributed by atoms with Crippen LogP contribution in [0.2, 0.25) is 0 Å². The van der Waals surface area contributed by atoms with Gasteiger partial charge in [0, 0.05) is 18.3 Å². The molecule has 9 heteroatoms. The SMILES string of the molecule is N#Cc1c2n(c(=O)n(CC(=O)NC(=O)NC3CCCC3)c1=O)CCC2. The zero-order chi connectivity index (χ0) is 18.0. The van der Waals surface area contributed by atoms with Gasteiger partial charge in [0.25, 0.3) is 5.56 Å². The molecule has 2 aliphatic rings. The van der Waals surface area contributed by atoms with Gasteiger partial charge in [-0.25, -0.2) is 14.2 Å². The summed E-state index contributed by atoms with van der Waals surface area (Å²) in [5.41, 5.74) is -1.09. The highest BCUT2D eigenvalue weighted by Crippen LogP contribution is 2.17. The number of amides is 3. The molecule has 9 nitrogen and oxygen atoms in total. The van der Waals surface area contributed by atoms with E-state index in [-0.39, 0.29) is 11.6 Å². The first-order valence-corrected chi connectivity index (χ1v) is 8.38. The molecule has 2 heterocycles. The quantitative estimate of drug-likeness (QED) is 0.770. The average Bonchev–Trinajstić information content (AvgIpc) is 3.23. The molecule has 2 N–H and O–H groups in total. The lowest BCUT2D eigenvalue weighted by Crippen LogP contribution is -2.48. The molecule has 0 radical (unpaired) electrons. The second kappa shape index (κ2) is 6.93. The van der Waals surface area contributed by atoms with E-state index >= 15 is 0 Å². The van der Waals surface area contributed by atoms with Gasteiger partial charge >= 0.3 is 11.7 Å². The maximum atomic E-state index is 12.4. The van der Waals surface area contributed by atoms with Crippen molar-refractivity contribution < 1.29 is 9.59 Å². The first-order valence-electron chi connectivity index (χ1n) is 8.38. The number of urea groups is 1. The second-order valence-corrected chi connectivity index (χ2v) is 6.37. The number of nitrogens with one attached hydrogen (secondary N) is 2. The van der Waals surface area contributed by atoms with E-state index in [0.717, 1.165) is 25.7 Å². The summed E-state index contributed by atoms with van der Waals surface area (Å²) in [6, 6.07) is 1.24. The molecule has 1 saturated carbocycles. The number of rotatable bonds is 3. The van der Waals surface area contributed by atoms with Crippen LogP contribution >= 0.6 is 0 Å². The van der Waals surface area contributed by atoms with Crippen molar-refractivity contribution in [3.8, 4) is 6.07 Å². The van der Waals surface area contributed by atoms with Crippen LogP contribution in [-0.4, -0.2) is 27.1 Å². The van der Waals surface area contributed by atoms with E-state index in [0.29, 0.717) is 29.6 Å². The van der Waals surface area contributed by atoms with Crippen molar-refractivity contribution >= 4 is 11.9 Å². The van der Waals surface area contributed by atoms with E-state index in [1.165, 1.54) is 4.57 Å². The normalized spacial score (nSPS) is 16.3. The summed E-state index contributed by atoms with van der Waals surface area (Å²) in [7, 11) is 0. The highest BCUT2D eigenvalue weighted by atomic mass is 16.2. The lowest BCUT2D eigenvalue weighted by atomic mass is 10.2. The van der Waals surface area contributed by atoms with Gasteiger partial charge in [0.05, 0.1) is 0 Å². The fourth-order valence-electron chi connectivity index (χ4n) is 3.49. The van der Waals surface area contributed by atoms with Gasteiger partial charge in [0.1, 0.15) is 18.2 Å². The van der Waals surface area contributed by atoms with Gasteiger partial charge in [-0.05, 0) is 25.7 Å². The van der Waals surface area contributed by atoms with Gasteiger partial charge in [0.2, 0.25) is 5.91 Å². The molecule has 132 valence electrons. The molecule has 0 unspecified atom stereocenters. The molecule has 0 saturated heterocycles. The second-order valence-electron chi connectivity index (χ2n) is 6.37. The Labute approximate surface area is 143 Å². The molecule has 0 aromatic carbocycles. The molecule has 1 fully saturated rings. The van der Waals surface area contributed by atoms with Crippen LogP contribution < -0.4 is 21.9 Å². The van der Waals surface area contributed by atoms with Crippen LogP contribution in [0.25, 0.3) is 0 Å². The highest BCUT2D eigenvalue weighted by molar-refractivity contribution is 5.94. The zero-order valence-electron chi connectivity index (χ0n) is 13.7. The first-order chi connectivity index (χ1) is 12.0. The highest BCUT2D eigenvalue weighted by Gasteiger charge is 2.24. The number of nitriles is 1. The minimum atomic E-state index is -0.785. The third-order valence-electron chi connectivity index (χ3n) is 4.69. The van der Waals surface area contributed by atoms with Gasteiger partial charge in [-0.3, -0.25) is 19.5 Å². The van der Waals surface area contributed by atoms with Crippen LogP contribution in [-0.2, 0) is 24.3 Å². The molecular formula is C16H19N5O4. The van der Waals surface area contributed by atoms with E-state index < -0.39 is 29.7 Å². The maximum Gasteiger partial charge on any atom is 0.331 e. The Bertz CT molecular complexity index is 870. The summed E-state index contributed by atoms with van der Waals surface area (Å²) in [5.74, 6) is -0.767. The van der Waals surface area contributed by atoms with Crippen molar-refractivity contribution in [2.75, 3.05) is 0 Å². The molecule has 0 spiro atoms. The summed E-state index contributed by atoms with van der Waals surface area (Å²) in [4.78, 5) is 48.6. The third-order valence-corrected chi connectivity index (χ3v) is 4.69. The molecule has 3 amide bonds. The van der Waals surface area contributed by atoms with E-state index in [2.05, 4.69) is 10.6 Å².